The van der Waals surface area contributed by atoms with Gasteiger partial charge in [-0.2, -0.15) is 0 Å². The van der Waals surface area contributed by atoms with Gasteiger partial charge in [-0.15, -0.1) is 0 Å². The number of amides is 1. The van der Waals surface area contributed by atoms with Crippen LogP contribution in [0.5, 0.6) is 0 Å². The molecule has 0 aliphatic carbocycles. The molecule has 0 radical (unpaired) electrons. The van der Waals surface area contributed by atoms with Gasteiger partial charge in [-0.1, -0.05) is 6.92 Å². The quantitative estimate of drug-likeness (QED) is 0.770. The Morgan fingerprint density at radius 2 is 2.31 bits per heavy atom. The first-order valence-corrected chi connectivity index (χ1v) is 6.58. The molecule has 1 rings (SSSR count). The molecule has 0 bridgehead atoms. The van der Waals surface area contributed by atoms with E-state index in [1.165, 1.54) is 0 Å². The highest BCUT2D eigenvalue weighted by atomic mass is 32.2. The number of nitrogens with one attached hydrogen (secondary N) is 1. The fourth-order valence-electron chi connectivity index (χ4n) is 1.33. The summed E-state index contributed by atoms with van der Waals surface area (Å²) in [5.74, 6) is 0.919. The van der Waals surface area contributed by atoms with Gasteiger partial charge in [-0.05, 0) is 6.07 Å². The van der Waals surface area contributed by atoms with Crippen molar-refractivity contribution in [1.82, 2.24) is 9.88 Å². The summed E-state index contributed by atoms with van der Waals surface area (Å²) < 4.78 is 12.8. The van der Waals surface area contributed by atoms with E-state index in [1.54, 1.807) is 23.9 Å². The van der Waals surface area contributed by atoms with Gasteiger partial charge in [0.05, 0.1) is 5.69 Å². The maximum Gasteiger partial charge on any atom is 0.268 e. The molecular weight excluding hydrogens is 226 g/mol. The van der Waals surface area contributed by atoms with Crippen LogP contribution in [-0.2, 0) is 17.8 Å². The van der Waals surface area contributed by atoms with Crippen molar-refractivity contribution < 1.29 is 9.00 Å². The van der Waals surface area contributed by atoms with Crippen molar-refractivity contribution in [3.63, 3.8) is 0 Å². The number of nitrogens with two attached hydrogens (primary N) is 1. The van der Waals surface area contributed by atoms with Crippen molar-refractivity contribution in [2.45, 2.75) is 6.92 Å². The van der Waals surface area contributed by atoms with Gasteiger partial charge < -0.3 is 15.6 Å². The molecule has 5 nitrogen and oxygen atoms in total. The summed E-state index contributed by atoms with van der Waals surface area (Å²) in [5, 5.41) is 2.71. The Labute approximate surface area is 97.5 Å². The lowest BCUT2D eigenvalue weighted by molar-refractivity contribution is 0.0948. The Hall–Kier alpha value is -1.30. The number of carbonyl (C=O) groups excluding carboxylic acids is 1. The number of nitrogens with zero attached hydrogens (tertiary/aromatic N) is 1. The molecule has 1 atom stereocenters. The van der Waals surface area contributed by atoms with Gasteiger partial charge in [0.1, 0.15) is 5.69 Å². The Morgan fingerprint density at radius 1 is 1.62 bits per heavy atom. The van der Waals surface area contributed by atoms with Gasteiger partial charge in [0.25, 0.3) is 5.91 Å². The molecule has 0 saturated carbocycles. The predicted octanol–water partition coefficient (Wildman–Crippen LogP) is 0.106. The SMILES string of the molecule is CCS(=O)CCNC(=O)c1cc(N)cn1C. The van der Waals surface area contributed by atoms with Gasteiger partial charge in [0.2, 0.25) is 0 Å². The Morgan fingerprint density at radius 3 is 2.81 bits per heavy atom. The highest BCUT2D eigenvalue weighted by Crippen LogP contribution is 2.07. The monoisotopic (exact) mass is 243 g/mol. The Balaban J connectivity index is 2.47. The van der Waals surface area contributed by atoms with Crippen LogP contribution in [0.25, 0.3) is 0 Å². The van der Waals surface area contributed by atoms with E-state index in [4.69, 9.17) is 5.73 Å². The van der Waals surface area contributed by atoms with Gasteiger partial charge in [-0.25, -0.2) is 0 Å². The summed E-state index contributed by atoms with van der Waals surface area (Å²) in [5.41, 5.74) is 6.64. The van der Waals surface area contributed by atoms with Gasteiger partial charge in [-0.3, -0.25) is 9.00 Å². The molecule has 0 spiro atoms. The summed E-state index contributed by atoms with van der Waals surface area (Å²) in [6.45, 7) is 2.28. The Bertz CT molecular complexity index is 401. The van der Waals surface area contributed by atoms with Gasteiger partial charge >= 0.3 is 0 Å². The molecule has 1 unspecified atom stereocenters. The standard InChI is InChI=1S/C10H17N3O2S/c1-3-16(15)5-4-12-10(14)9-6-8(11)7-13(9)2/h6-7H,3-5,11H2,1-2H3,(H,12,14). The summed E-state index contributed by atoms with van der Waals surface area (Å²) in [4.78, 5) is 11.7. The van der Waals surface area contributed by atoms with E-state index in [2.05, 4.69) is 5.32 Å². The van der Waals surface area contributed by atoms with E-state index < -0.39 is 10.8 Å². The minimum absolute atomic E-state index is 0.188. The van der Waals surface area contributed by atoms with Crippen LogP contribution in [0.4, 0.5) is 5.69 Å². The number of hydrogen-bond donors (Lipinski definition) is 2. The number of hydrogen-bond acceptors (Lipinski definition) is 3. The molecule has 1 amide bonds. The third-order valence-corrected chi connectivity index (χ3v) is 3.50. The minimum Gasteiger partial charge on any atom is -0.397 e. The largest absolute Gasteiger partial charge is 0.397 e. The third kappa shape index (κ3) is 3.37. The highest BCUT2D eigenvalue weighted by Gasteiger charge is 2.10. The molecule has 16 heavy (non-hydrogen) atoms. The van der Waals surface area contributed by atoms with Crippen LogP contribution < -0.4 is 11.1 Å². The van der Waals surface area contributed by atoms with Crippen LogP contribution in [-0.4, -0.2) is 32.7 Å². The molecule has 90 valence electrons. The molecule has 3 N–H and O–H groups in total. The minimum atomic E-state index is -0.846. The summed E-state index contributed by atoms with van der Waals surface area (Å²) in [7, 11) is 0.913. The van der Waals surface area contributed by atoms with Crippen molar-refractivity contribution in [1.29, 1.82) is 0 Å². The van der Waals surface area contributed by atoms with E-state index in [-0.39, 0.29) is 5.91 Å². The third-order valence-electron chi connectivity index (χ3n) is 2.20. The average molecular weight is 243 g/mol. The molecule has 0 saturated heterocycles. The first kappa shape index (κ1) is 12.8. The lowest BCUT2D eigenvalue weighted by Crippen LogP contribution is -2.29. The lowest BCUT2D eigenvalue weighted by atomic mass is 10.4. The van der Waals surface area contributed by atoms with Crippen LogP contribution in [0.2, 0.25) is 0 Å². The van der Waals surface area contributed by atoms with Crippen LogP contribution in [0, 0.1) is 0 Å². The maximum atomic E-state index is 11.7. The molecule has 1 heterocycles. The number of nitrogen functional groups attached to an aromatic ring is 1. The zero-order valence-corrected chi connectivity index (χ0v) is 10.3. The molecular formula is C10H17N3O2S. The summed E-state index contributed by atoms with van der Waals surface area (Å²) >= 11 is 0. The van der Waals surface area contributed by atoms with E-state index in [1.807, 2.05) is 6.92 Å². The van der Waals surface area contributed by atoms with Crippen molar-refractivity contribution >= 4 is 22.4 Å². The molecule has 0 aliphatic heterocycles. The molecule has 6 heteroatoms. The zero-order chi connectivity index (χ0) is 12.1. The van der Waals surface area contributed by atoms with Crippen molar-refractivity contribution in [2.75, 3.05) is 23.8 Å². The van der Waals surface area contributed by atoms with Crippen molar-refractivity contribution in [3.05, 3.63) is 18.0 Å². The first-order valence-electron chi connectivity index (χ1n) is 5.09. The molecule has 1 aromatic heterocycles. The van der Waals surface area contributed by atoms with Crippen LogP contribution in [0.15, 0.2) is 12.3 Å². The number of rotatable bonds is 5. The Kier molecular flexibility index (Phi) is 4.54. The fourth-order valence-corrected chi connectivity index (χ4v) is 1.95. The first-order chi connectivity index (χ1) is 7.54. The second kappa shape index (κ2) is 5.69. The summed E-state index contributed by atoms with van der Waals surface area (Å²) in [6.07, 6.45) is 1.68. The zero-order valence-electron chi connectivity index (χ0n) is 9.53. The average Bonchev–Trinajstić information content (AvgIpc) is 2.57. The van der Waals surface area contributed by atoms with Crippen LogP contribution in [0.1, 0.15) is 17.4 Å². The normalized spacial score (nSPS) is 12.4. The number of anilines is 1. The predicted molar refractivity (Wildman–Crippen MR) is 65.7 cm³/mol. The van der Waals surface area contributed by atoms with Crippen molar-refractivity contribution in [3.8, 4) is 0 Å². The summed E-state index contributed by atoms with van der Waals surface area (Å²) in [6, 6.07) is 1.62. The number of aryl methyl sites for hydroxylation is 1. The topological polar surface area (TPSA) is 77.1 Å². The van der Waals surface area contributed by atoms with Crippen LogP contribution in [0.3, 0.4) is 0 Å². The van der Waals surface area contributed by atoms with Gasteiger partial charge in [0.15, 0.2) is 0 Å². The van der Waals surface area contributed by atoms with Crippen molar-refractivity contribution in [2.24, 2.45) is 7.05 Å². The second-order valence-corrected chi connectivity index (χ2v) is 5.32. The second-order valence-electron chi connectivity index (χ2n) is 3.46. The van der Waals surface area contributed by atoms with Crippen LogP contribution >= 0.6 is 0 Å². The van der Waals surface area contributed by atoms with E-state index in [0.717, 1.165) is 0 Å². The van der Waals surface area contributed by atoms with E-state index in [9.17, 15) is 9.00 Å². The lowest BCUT2D eigenvalue weighted by Gasteiger charge is -2.05. The van der Waals surface area contributed by atoms with Gasteiger partial charge in [0, 0.05) is 42.1 Å². The number of carbonyl (C=O) groups is 1. The highest BCUT2D eigenvalue weighted by molar-refractivity contribution is 7.84. The molecule has 0 fully saturated rings. The molecule has 0 aliphatic rings. The van der Waals surface area contributed by atoms with E-state index in [0.29, 0.717) is 29.4 Å². The van der Waals surface area contributed by atoms with E-state index >= 15 is 0 Å². The fraction of sp³-hybridized carbons (Fsp3) is 0.500. The smallest absolute Gasteiger partial charge is 0.268 e. The number of aromatic nitrogens is 1. The maximum absolute atomic E-state index is 11.7. The molecule has 0 aromatic carbocycles. The molecule has 1 aromatic rings.